The second-order valence-corrected chi connectivity index (χ2v) is 4.29. The van der Waals surface area contributed by atoms with Crippen molar-refractivity contribution in [3.63, 3.8) is 0 Å². The number of aromatic nitrogens is 1. The molecule has 0 aliphatic rings. The van der Waals surface area contributed by atoms with Crippen molar-refractivity contribution in [1.82, 2.24) is 10.3 Å². The Kier molecular flexibility index (Phi) is 5.69. The predicted octanol–water partition coefficient (Wildman–Crippen LogP) is 2.57. The number of pyridine rings is 1. The molecule has 5 heteroatoms. The van der Waals surface area contributed by atoms with Gasteiger partial charge in [-0.05, 0) is 31.6 Å². The van der Waals surface area contributed by atoms with Crippen LogP contribution < -0.4 is 15.4 Å². The first kappa shape index (κ1) is 13.7. The Morgan fingerprint density at radius 3 is 2.82 bits per heavy atom. The van der Waals surface area contributed by atoms with Crippen LogP contribution in [0.15, 0.2) is 18.3 Å². The summed E-state index contributed by atoms with van der Waals surface area (Å²) >= 11 is 5.21. The third kappa shape index (κ3) is 4.99. The fourth-order valence-electron chi connectivity index (χ4n) is 1.47. The maximum atomic E-state index is 5.21. The zero-order chi connectivity index (χ0) is 12.7. The van der Waals surface area contributed by atoms with Gasteiger partial charge in [0.1, 0.15) is 0 Å². The summed E-state index contributed by atoms with van der Waals surface area (Å²) < 4.78 is 4.98. The van der Waals surface area contributed by atoms with E-state index in [0.717, 1.165) is 18.5 Å². The number of hydrogen-bond donors (Lipinski definition) is 2. The van der Waals surface area contributed by atoms with Crippen LogP contribution in [-0.4, -0.2) is 23.2 Å². The number of nitrogens with zero attached hydrogens (tertiary/aromatic N) is 1. The Bertz CT molecular complexity index is 353. The van der Waals surface area contributed by atoms with Crippen molar-refractivity contribution >= 4 is 23.0 Å². The molecule has 1 rings (SSSR count). The molecule has 0 radical (unpaired) electrons. The van der Waals surface area contributed by atoms with Gasteiger partial charge in [0, 0.05) is 12.1 Å². The van der Waals surface area contributed by atoms with Crippen molar-refractivity contribution in [2.75, 3.05) is 12.4 Å². The molecule has 0 aromatic carbocycles. The average Bonchev–Trinajstić information content (AvgIpc) is 2.30. The SMILES string of the molecule is CCC[C@H](C)NC(=S)Nc1ccc(OC)nc1. The lowest BCUT2D eigenvalue weighted by atomic mass is 10.2. The normalized spacial score (nSPS) is 11.7. The number of rotatable bonds is 5. The molecule has 17 heavy (non-hydrogen) atoms. The summed E-state index contributed by atoms with van der Waals surface area (Å²) in [5.74, 6) is 0.591. The van der Waals surface area contributed by atoms with E-state index in [1.807, 2.05) is 6.07 Å². The minimum absolute atomic E-state index is 0.381. The van der Waals surface area contributed by atoms with Crippen molar-refractivity contribution in [1.29, 1.82) is 0 Å². The highest BCUT2D eigenvalue weighted by Crippen LogP contribution is 2.10. The molecule has 94 valence electrons. The molecular weight excluding hydrogens is 234 g/mol. The lowest BCUT2D eigenvalue weighted by molar-refractivity contribution is 0.398. The summed E-state index contributed by atoms with van der Waals surface area (Å²) in [5.41, 5.74) is 0.854. The van der Waals surface area contributed by atoms with Crippen LogP contribution >= 0.6 is 12.2 Å². The van der Waals surface area contributed by atoms with Gasteiger partial charge in [0.15, 0.2) is 5.11 Å². The lowest BCUT2D eigenvalue weighted by Crippen LogP contribution is -2.35. The lowest BCUT2D eigenvalue weighted by Gasteiger charge is -2.16. The maximum Gasteiger partial charge on any atom is 0.213 e. The van der Waals surface area contributed by atoms with Crippen LogP contribution in [0.25, 0.3) is 0 Å². The van der Waals surface area contributed by atoms with Crippen LogP contribution in [0, 0.1) is 0 Å². The number of methoxy groups -OCH3 is 1. The molecule has 0 amide bonds. The zero-order valence-corrected chi connectivity index (χ0v) is 11.3. The largest absolute Gasteiger partial charge is 0.481 e. The molecule has 0 saturated carbocycles. The Morgan fingerprint density at radius 2 is 2.29 bits per heavy atom. The first-order valence-electron chi connectivity index (χ1n) is 5.73. The average molecular weight is 253 g/mol. The molecule has 0 saturated heterocycles. The molecule has 0 bridgehead atoms. The van der Waals surface area contributed by atoms with E-state index in [0.29, 0.717) is 17.0 Å². The molecule has 1 atom stereocenters. The molecule has 0 spiro atoms. The minimum atomic E-state index is 0.381. The van der Waals surface area contributed by atoms with Gasteiger partial charge >= 0.3 is 0 Å². The smallest absolute Gasteiger partial charge is 0.213 e. The van der Waals surface area contributed by atoms with Crippen LogP contribution in [0.4, 0.5) is 5.69 Å². The van der Waals surface area contributed by atoms with Crippen LogP contribution in [0.3, 0.4) is 0 Å². The van der Waals surface area contributed by atoms with Gasteiger partial charge in [-0.25, -0.2) is 4.98 Å². The Labute approximate surface area is 108 Å². The topological polar surface area (TPSA) is 46.2 Å². The van der Waals surface area contributed by atoms with Gasteiger partial charge in [-0.3, -0.25) is 0 Å². The predicted molar refractivity (Wildman–Crippen MR) is 74.5 cm³/mol. The van der Waals surface area contributed by atoms with Gasteiger partial charge in [-0.1, -0.05) is 13.3 Å². The Morgan fingerprint density at radius 1 is 1.53 bits per heavy atom. The maximum absolute atomic E-state index is 5.21. The van der Waals surface area contributed by atoms with E-state index >= 15 is 0 Å². The van der Waals surface area contributed by atoms with Gasteiger partial charge in [0.05, 0.1) is 19.0 Å². The quantitative estimate of drug-likeness (QED) is 0.790. The van der Waals surface area contributed by atoms with E-state index in [2.05, 4.69) is 29.5 Å². The number of nitrogens with one attached hydrogen (secondary N) is 2. The Hall–Kier alpha value is -1.36. The van der Waals surface area contributed by atoms with Gasteiger partial charge in [-0.2, -0.15) is 0 Å². The fourth-order valence-corrected chi connectivity index (χ4v) is 1.79. The summed E-state index contributed by atoms with van der Waals surface area (Å²) in [7, 11) is 1.59. The van der Waals surface area contributed by atoms with Crippen molar-refractivity contribution in [2.45, 2.75) is 32.7 Å². The molecule has 0 aliphatic heterocycles. The summed E-state index contributed by atoms with van der Waals surface area (Å²) in [6.07, 6.45) is 3.93. The second kappa shape index (κ2) is 7.06. The minimum Gasteiger partial charge on any atom is -0.481 e. The monoisotopic (exact) mass is 253 g/mol. The van der Waals surface area contributed by atoms with Crippen LogP contribution in [0.2, 0.25) is 0 Å². The van der Waals surface area contributed by atoms with Crippen molar-refractivity contribution in [2.24, 2.45) is 0 Å². The third-order valence-electron chi connectivity index (χ3n) is 2.30. The van der Waals surface area contributed by atoms with Crippen molar-refractivity contribution < 1.29 is 4.74 Å². The molecule has 1 aromatic heterocycles. The number of anilines is 1. The standard InChI is InChI=1S/C12H19N3OS/c1-4-5-9(2)14-12(17)15-10-6-7-11(16-3)13-8-10/h6-9H,4-5H2,1-3H3,(H2,14,15,17)/t9-/m0/s1. The first-order valence-corrected chi connectivity index (χ1v) is 6.14. The summed E-state index contributed by atoms with van der Waals surface area (Å²) in [6.45, 7) is 4.27. The van der Waals surface area contributed by atoms with E-state index in [1.165, 1.54) is 0 Å². The van der Waals surface area contributed by atoms with Gasteiger partial charge in [-0.15, -0.1) is 0 Å². The Balaban J connectivity index is 2.44. The zero-order valence-electron chi connectivity index (χ0n) is 10.5. The van der Waals surface area contributed by atoms with Crippen LogP contribution in [0.5, 0.6) is 5.88 Å². The fraction of sp³-hybridized carbons (Fsp3) is 0.500. The van der Waals surface area contributed by atoms with E-state index in [1.54, 1.807) is 19.4 Å². The molecule has 2 N–H and O–H groups in total. The van der Waals surface area contributed by atoms with E-state index in [4.69, 9.17) is 17.0 Å². The van der Waals surface area contributed by atoms with E-state index in [-0.39, 0.29) is 0 Å². The molecule has 0 unspecified atom stereocenters. The van der Waals surface area contributed by atoms with Gasteiger partial charge in [0.25, 0.3) is 0 Å². The number of thiocarbonyl (C=S) groups is 1. The first-order chi connectivity index (χ1) is 8.15. The highest BCUT2D eigenvalue weighted by Gasteiger charge is 2.03. The molecule has 0 fully saturated rings. The summed E-state index contributed by atoms with van der Waals surface area (Å²) in [6, 6.07) is 4.05. The summed E-state index contributed by atoms with van der Waals surface area (Å²) in [5, 5.41) is 6.93. The molecule has 0 aliphatic carbocycles. The van der Waals surface area contributed by atoms with E-state index < -0.39 is 0 Å². The van der Waals surface area contributed by atoms with Crippen molar-refractivity contribution in [3.8, 4) is 5.88 Å². The van der Waals surface area contributed by atoms with Crippen LogP contribution in [0.1, 0.15) is 26.7 Å². The third-order valence-corrected chi connectivity index (χ3v) is 2.52. The highest BCUT2D eigenvalue weighted by molar-refractivity contribution is 7.80. The van der Waals surface area contributed by atoms with Gasteiger partial charge < -0.3 is 15.4 Å². The highest BCUT2D eigenvalue weighted by atomic mass is 32.1. The number of ether oxygens (including phenoxy) is 1. The number of hydrogen-bond acceptors (Lipinski definition) is 3. The van der Waals surface area contributed by atoms with Crippen LogP contribution in [-0.2, 0) is 0 Å². The molecule has 1 aromatic rings. The molecule has 1 heterocycles. The molecule has 4 nitrogen and oxygen atoms in total. The van der Waals surface area contributed by atoms with Gasteiger partial charge in [0.2, 0.25) is 5.88 Å². The molecular formula is C12H19N3OS. The summed E-state index contributed by atoms with van der Waals surface area (Å²) in [4.78, 5) is 4.09. The second-order valence-electron chi connectivity index (χ2n) is 3.88. The van der Waals surface area contributed by atoms with E-state index in [9.17, 15) is 0 Å². The van der Waals surface area contributed by atoms with Crippen molar-refractivity contribution in [3.05, 3.63) is 18.3 Å².